The first-order valence-electron chi connectivity index (χ1n) is 6.43. The predicted molar refractivity (Wildman–Crippen MR) is 84.6 cm³/mol. The van der Waals surface area contributed by atoms with E-state index in [1.165, 1.54) is 11.1 Å². The molecule has 0 heterocycles. The molecule has 0 saturated carbocycles. The molecular formula is C17H17BrO2. The van der Waals surface area contributed by atoms with Crippen molar-refractivity contribution in [2.24, 2.45) is 0 Å². The molecule has 2 rings (SSSR count). The van der Waals surface area contributed by atoms with Crippen LogP contribution >= 0.6 is 15.9 Å². The van der Waals surface area contributed by atoms with Crippen LogP contribution in [-0.2, 0) is 6.42 Å². The van der Waals surface area contributed by atoms with Gasteiger partial charge in [0.25, 0.3) is 0 Å². The number of halogens is 1. The van der Waals surface area contributed by atoms with Crippen molar-refractivity contribution in [3.63, 3.8) is 0 Å². The first kappa shape index (κ1) is 14.8. The van der Waals surface area contributed by atoms with E-state index in [-0.39, 0.29) is 5.78 Å². The molecule has 0 aliphatic carbocycles. The van der Waals surface area contributed by atoms with Crippen LogP contribution in [0, 0.1) is 13.8 Å². The summed E-state index contributed by atoms with van der Waals surface area (Å²) in [6.45, 7) is 4.09. The first-order chi connectivity index (χ1) is 9.49. The minimum Gasteiger partial charge on any atom is -0.497 e. The van der Waals surface area contributed by atoms with E-state index in [1.807, 2.05) is 26.0 Å². The molecule has 2 aromatic carbocycles. The molecule has 0 radical (unpaired) electrons. The normalized spacial score (nSPS) is 10.4. The maximum Gasteiger partial charge on any atom is 0.168 e. The largest absolute Gasteiger partial charge is 0.497 e. The third-order valence-corrected chi connectivity index (χ3v) is 3.81. The van der Waals surface area contributed by atoms with Crippen LogP contribution in [0.15, 0.2) is 40.9 Å². The molecule has 0 fully saturated rings. The summed E-state index contributed by atoms with van der Waals surface area (Å²) in [5.41, 5.74) is 4.06. The summed E-state index contributed by atoms with van der Waals surface area (Å²) in [4.78, 5) is 12.4. The zero-order valence-electron chi connectivity index (χ0n) is 11.9. The third kappa shape index (κ3) is 3.48. The minimum absolute atomic E-state index is 0.0841. The number of benzene rings is 2. The molecule has 0 saturated heterocycles. The fourth-order valence-corrected chi connectivity index (χ4v) is 2.76. The monoisotopic (exact) mass is 332 g/mol. The molecule has 0 unspecified atom stereocenters. The molecule has 0 amide bonds. The topological polar surface area (TPSA) is 26.3 Å². The van der Waals surface area contributed by atoms with Crippen molar-refractivity contribution < 1.29 is 9.53 Å². The lowest BCUT2D eigenvalue weighted by Gasteiger charge is -2.08. The lowest BCUT2D eigenvalue weighted by atomic mass is 9.99. The van der Waals surface area contributed by atoms with Gasteiger partial charge < -0.3 is 4.74 Å². The summed E-state index contributed by atoms with van der Waals surface area (Å²) in [6, 6.07) is 11.7. The van der Waals surface area contributed by atoms with E-state index in [0.717, 1.165) is 10.0 Å². The second kappa shape index (κ2) is 6.23. The highest BCUT2D eigenvalue weighted by Crippen LogP contribution is 2.24. The Morgan fingerprint density at radius 2 is 1.75 bits per heavy atom. The Kier molecular flexibility index (Phi) is 4.61. The fraction of sp³-hybridized carbons (Fsp3) is 0.235. The maximum absolute atomic E-state index is 12.4. The van der Waals surface area contributed by atoms with Crippen LogP contribution < -0.4 is 4.74 Å². The van der Waals surface area contributed by atoms with Gasteiger partial charge in [0.2, 0.25) is 0 Å². The van der Waals surface area contributed by atoms with Gasteiger partial charge in [0.05, 0.1) is 7.11 Å². The summed E-state index contributed by atoms with van der Waals surface area (Å²) in [5, 5.41) is 0. The number of Topliss-reactive ketones (excluding diaryl/α,β-unsaturated/α-hetero) is 1. The van der Waals surface area contributed by atoms with Crippen LogP contribution in [0.3, 0.4) is 0 Å². The molecule has 0 aliphatic rings. The standard InChI is InChI=1S/C17H17BrO2/c1-11-6-12(2)8-13(7-11)9-17(19)15-10-14(20-3)4-5-16(15)18/h4-8,10H,9H2,1-3H3. The molecule has 20 heavy (non-hydrogen) atoms. The summed E-state index contributed by atoms with van der Waals surface area (Å²) >= 11 is 3.43. The van der Waals surface area contributed by atoms with Crippen LogP contribution in [0.1, 0.15) is 27.0 Å². The second-order valence-corrected chi connectivity index (χ2v) is 5.80. The second-order valence-electron chi connectivity index (χ2n) is 4.94. The van der Waals surface area contributed by atoms with Crippen molar-refractivity contribution in [3.05, 3.63) is 63.1 Å². The minimum atomic E-state index is 0.0841. The highest BCUT2D eigenvalue weighted by molar-refractivity contribution is 9.10. The molecule has 0 spiro atoms. The molecule has 0 aliphatic heterocycles. The van der Waals surface area contributed by atoms with Gasteiger partial charge in [0.1, 0.15) is 5.75 Å². The van der Waals surface area contributed by atoms with E-state index >= 15 is 0 Å². The Hall–Kier alpha value is -1.61. The van der Waals surface area contributed by atoms with Gasteiger partial charge >= 0.3 is 0 Å². The zero-order valence-corrected chi connectivity index (χ0v) is 13.5. The lowest BCUT2D eigenvalue weighted by molar-refractivity contribution is 0.0992. The number of aryl methyl sites for hydroxylation is 2. The Balaban J connectivity index is 2.27. The third-order valence-electron chi connectivity index (χ3n) is 3.12. The number of carbonyl (C=O) groups excluding carboxylic acids is 1. The number of rotatable bonds is 4. The van der Waals surface area contributed by atoms with Crippen molar-refractivity contribution >= 4 is 21.7 Å². The molecule has 0 bridgehead atoms. The summed E-state index contributed by atoms with van der Waals surface area (Å²) in [7, 11) is 1.60. The SMILES string of the molecule is COc1ccc(Br)c(C(=O)Cc2cc(C)cc(C)c2)c1. The highest BCUT2D eigenvalue weighted by atomic mass is 79.9. The van der Waals surface area contributed by atoms with Crippen molar-refractivity contribution in [2.45, 2.75) is 20.3 Å². The average Bonchev–Trinajstić information content (AvgIpc) is 2.37. The van der Waals surface area contributed by atoms with Gasteiger partial charge in [-0.1, -0.05) is 45.3 Å². The molecular weight excluding hydrogens is 316 g/mol. The van der Waals surface area contributed by atoms with E-state index in [0.29, 0.717) is 17.7 Å². The first-order valence-corrected chi connectivity index (χ1v) is 7.23. The van der Waals surface area contributed by atoms with Crippen LogP contribution in [0.25, 0.3) is 0 Å². The Bertz CT molecular complexity index is 627. The van der Waals surface area contributed by atoms with Crippen LogP contribution in [0.4, 0.5) is 0 Å². The van der Waals surface area contributed by atoms with E-state index in [1.54, 1.807) is 13.2 Å². The average molecular weight is 333 g/mol. The van der Waals surface area contributed by atoms with Gasteiger partial charge in [0.15, 0.2) is 5.78 Å². The number of carbonyl (C=O) groups is 1. The maximum atomic E-state index is 12.4. The number of methoxy groups -OCH3 is 1. The van der Waals surface area contributed by atoms with Crippen molar-refractivity contribution in [3.8, 4) is 5.75 Å². The molecule has 2 nitrogen and oxygen atoms in total. The summed E-state index contributed by atoms with van der Waals surface area (Å²) in [6.07, 6.45) is 0.397. The smallest absolute Gasteiger partial charge is 0.168 e. The lowest BCUT2D eigenvalue weighted by Crippen LogP contribution is -2.05. The van der Waals surface area contributed by atoms with Crippen LogP contribution in [-0.4, -0.2) is 12.9 Å². The quantitative estimate of drug-likeness (QED) is 0.770. The number of ether oxygens (including phenoxy) is 1. The van der Waals surface area contributed by atoms with Crippen LogP contribution in [0.5, 0.6) is 5.75 Å². The highest BCUT2D eigenvalue weighted by Gasteiger charge is 2.12. The van der Waals surface area contributed by atoms with Crippen molar-refractivity contribution in [2.75, 3.05) is 7.11 Å². The molecule has 3 heteroatoms. The number of hydrogen-bond donors (Lipinski definition) is 0. The van der Waals surface area contributed by atoms with E-state index in [4.69, 9.17) is 4.74 Å². The molecule has 104 valence electrons. The molecule has 0 atom stereocenters. The van der Waals surface area contributed by atoms with Gasteiger partial charge in [-0.3, -0.25) is 4.79 Å². The molecule has 0 N–H and O–H groups in total. The Morgan fingerprint density at radius 3 is 2.35 bits per heavy atom. The predicted octanol–water partition coefficient (Wildman–Crippen LogP) is 4.50. The Morgan fingerprint density at radius 1 is 1.10 bits per heavy atom. The summed E-state index contributed by atoms with van der Waals surface area (Å²) < 4.78 is 5.97. The van der Waals surface area contributed by atoms with E-state index in [2.05, 4.69) is 34.1 Å². The zero-order chi connectivity index (χ0) is 14.7. The number of ketones is 1. The van der Waals surface area contributed by atoms with Crippen LogP contribution in [0.2, 0.25) is 0 Å². The number of hydrogen-bond acceptors (Lipinski definition) is 2. The van der Waals surface area contributed by atoms with Gasteiger partial charge in [-0.2, -0.15) is 0 Å². The van der Waals surface area contributed by atoms with Gasteiger partial charge in [-0.25, -0.2) is 0 Å². The van der Waals surface area contributed by atoms with Gasteiger partial charge in [-0.05, 0) is 37.6 Å². The summed E-state index contributed by atoms with van der Waals surface area (Å²) in [5.74, 6) is 0.776. The van der Waals surface area contributed by atoms with Crippen molar-refractivity contribution in [1.82, 2.24) is 0 Å². The van der Waals surface area contributed by atoms with E-state index in [9.17, 15) is 4.79 Å². The van der Waals surface area contributed by atoms with Crippen molar-refractivity contribution in [1.29, 1.82) is 0 Å². The van der Waals surface area contributed by atoms with E-state index < -0.39 is 0 Å². The van der Waals surface area contributed by atoms with Gasteiger partial charge in [-0.15, -0.1) is 0 Å². The van der Waals surface area contributed by atoms with Gasteiger partial charge in [0, 0.05) is 16.5 Å². The molecule has 0 aromatic heterocycles. The fourth-order valence-electron chi connectivity index (χ4n) is 2.30. The Labute approximate surface area is 127 Å². The molecule has 2 aromatic rings.